The summed E-state index contributed by atoms with van der Waals surface area (Å²) in [5.41, 5.74) is 0.992. The van der Waals surface area contributed by atoms with Gasteiger partial charge in [0.2, 0.25) is 0 Å². The smallest absolute Gasteiger partial charge is 0.306 e. The van der Waals surface area contributed by atoms with Crippen molar-refractivity contribution in [1.82, 2.24) is 25.0 Å². The van der Waals surface area contributed by atoms with E-state index in [1.54, 1.807) is 18.4 Å². The average molecular weight is 337 g/mol. The maximum Gasteiger partial charge on any atom is 0.306 e. The van der Waals surface area contributed by atoms with E-state index in [9.17, 15) is 10.1 Å². The molecule has 9 nitrogen and oxygen atoms in total. The maximum atomic E-state index is 10.6. The van der Waals surface area contributed by atoms with E-state index in [0.29, 0.717) is 19.6 Å². The molecule has 0 aliphatic rings. The Hall–Kier alpha value is -2.49. The molecule has 0 aromatic carbocycles. The van der Waals surface area contributed by atoms with Crippen LogP contribution in [0.25, 0.3) is 0 Å². The zero-order valence-electron chi connectivity index (χ0n) is 13.3. The average Bonchev–Trinajstić information content (AvgIpc) is 3.13. The minimum absolute atomic E-state index is 0.00889. The first kappa shape index (κ1) is 16.9. The van der Waals surface area contributed by atoms with Crippen LogP contribution in [0.1, 0.15) is 10.7 Å². The highest BCUT2D eigenvalue weighted by atomic mass is 32.1. The Morgan fingerprint density at radius 1 is 1.61 bits per heavy atom. The van der Waals surface area contributed by atoms with Gasteiger partial charge in [0.15, 0.2) is 5.96 Å². The molecule has 0 aliphatic carbocycles. The Labute approximate surface area is 137 Å². The first-order valence-corrected chi connectivity index (χ1v) is 7.87. The van der Waals surface area contributed by atoms with Crippen LogP contribution in [0.4, 0.5) is 5.69 Å². The van der Waals surface area contributed by atoms with Crippen molar-refractivity contribution in [3.63, 3.8) is 0 Å². The molecule has 23 heavy (non-hydrogen) atoms. The number of hydrogen-bond acceptors (Lipinski definition) is 6. The summed E-state index contributed by atoms with van der Waals surface area (Å²) in [6.07, 6.45) is 2.65. The van der Waals surface area contributed by atoms with E-state index < -0.39 is 4.92 Å². The Kier molecular flexibility index (Phi) is 5.63. The van der Waals surface area contributed by atoms with Crippen LogP contribution < -0.4 is 5.32 Å². The second-order valence-corrected chi connectivity index (χ2v) is 5.97. The molecule has 2 aromatic rings. The second kappa shape index (κ2) is 7.68. The fourth-order valence-electron chi connectivity index (χ4n) is 2.03. The third-order valence-corrected chi connectivity index (χ3v) is 3.92. The Bertz CT molecular complexity index is 694. The predicted molar refractivity (Wildman–Crippen MR) is 88.6 cm³/mol. The number of rotatable bonds is 6. The molecule has 10 heteroatoms. The largest absolute Gasteiger partial charge is 0.354 e. The van der Waals surface area contributed by atoms with Crippen LogP contribution in [-0.2, 0) is 13.1 Å². The fraction of sp³-hybridized carbons (Fsp3) is 0.462. The molecular weight excluding hydrogens is 318 g/mol. The summed E-state index contributed by atoms with van der Waals surface area (Å²) in [4.78, 5) is 20.8. The van der Waals surface area contributed by atoms with E-state index in [1.807, 2.05) is 24.3 Å². The molecular formula is C13H19N7O2S. The number of nitro groups is 1. The van der Waals surface area contributed by atoms with E-state index in [4.69, 9.17) is 0 Å². The minimum Gasteiger partial charge on any atom is -0.354 e. The molecule has 0 saturated carbocycles. The van der Waals surface area contributed by atoms with Crippen LogP contribution in [0.3, 0.4) is 0 Å². The van der Waals surface area contributed by atoms with Crippen LogP contribution in [0.2, 0.25) is 0 Å². The first-order valence-electron chi connectivity index (χ1n) is 6.99. The van der Waals surface area contributed by atoms with E-state index >= 15 is 0 Å². The van der Waals surface area contributed by atoms with Crippen LogP contribution in [-0.4, -0.2) is 51.2 Å². The van der Waals surface area contributed by atoms with Gasteiger partial charge in [0, 0.05) is 26.0 Å². The number of guanidine groups is 1. The van der Waals surface area contributed by atoms with Gasteiger partial charge in [-0.25, -0.2) is 4.98 Å². The lowest BCUT2D eigenvalue weighted by atomic mass is 10.4. The van der Waals surface area contributed by atoms with Gasteiger partial charge in [0.1, 0.15) is 12.4 Å². The normalized spacial score (nSPS) is 11.5. The van der Waals surface area contributed by atoms with Crippen molar-refractivity contribution in [2.75, 3.05) is 20.6 Å². The van der Waals surface area contributed by atoms with Gasteiger partial charge in [-0.15, -0.1) is 11.3 Å². The highest BCUT2D eigenvalue weighted by molar-refractivity contribution is 7.09. The number of aliphatic imine (C=N–C) groups is 1. The van der Waals surface area contributed by atoms with E-state index in [-0.39, 0.29) is 5.69 Å². The SMILES string of the molecule is CN=C(NCCn1cc([N+](=O)[O-])cn1)N(C)Cc1csc(C)n1. The molecule has 0 bridgehead atoms. The van der Waals surface area contributed by atoms with Crippen molar-refractivity contribution in [1.29, 1.82) is 0 Å². The zero-order chi connectivity index (χ0) is 16.8. The summed E-state index contributed by atoms with van der Waals surface area (Å²) < 4.78 is 1.53. The molecule has 0 radical (unpaired) electrons. The third kappa shape index (κ3) is 4.74. The summed E-state index contributed by atoms with van der Waals surface area (Å²) >= 11 is 1.62. The lowest BCUT2D eigenvalue weighted by Gasteiger charge is -2.21. The third-order valence-electron chi connectivity index (χ3n) is 3.09. The van der Waals surface area contributed by atoms with Gasteiger partial charge < -0.3 is 10.2 Å². The van der Waals surface area contributed by atoms with Crippen molar-refractivity contribution in [2.24, 2.45) is 4.99 Å². The molecule has 0 saturated heterocycles. The number of nitrogens with zero attached hydrogens (tertiary/aromatic N) is 6. The molecule has 124 valence electrons. The minimum atomic E-state index is -0.459. The van der Waals surface area contributed by atoms with Crippen molar-refractivity contribution in [3.05, 3.63) is 38.6 Å². The van der Waals surface area contributed by atoms with Crippen molar-refractivity contribution in [2.45, 2.75) is 20.0 Å². The highest BCUT2D eigenvalue weighted by Crippen LogP contribution is 2.10. The topological polar surface area (TPSA) is 101 Å². The molecule has 0 fully saturated rings. The lowest BCUT2D eigenvalue weighted by molar-refractivity contribution is -0.385. The first-order chi connectivity index (χ1) is 11.0. The summed E-state index contributed by atoms with van der Waals surface area (Å²) in [5, 5.41) is 20.8. The molecule has 0 amide bonds. The monoisotopic (exact) mass is 337 g/mol. The van der Waals surface area contributed by atoms with Crippen molar-refractivity contribution >= 4 is 23.0 Å². The molecule has 2 heterocycles. The highest BCUT2D eigenvalue weighted by Gasteiger charge is 2.10. The van der Waals surface area contributed by atoms with Crippen molar-refractivity contribution in [3.8, 4) is 0 Å². The maximum absolute atomic E-state index is 10.6. The Morgan fingerprint density at radius 2 is 2.39 bits per heavy atom. The molecule has 2 rings (SSSR count). The van der Waals surface area contributed by atoms with Crippen molar-refractivity contribution < 1.29 is 4.92 Å². The van der Waals surface area contributed by atoms with Crippen LogP contribution >= 0.6 is 11.3 Å². The predicted octanol–water partition coefficient (Wildman–Crippen LogP) is 1.26. The molecule has 1 N–H and O–H groups in total. The second-order valence-electron chi connectivity index (χ2n) is 4.91. The van der Waals surface area contributed by atoms with E-state index in [1.165, 1.54) is 17.1 Å². The Morgan fingerprint density at radius 3 is 2.96 bits per heavy atom. The van der Waals surface area contributed by atoms with Gasteiger partial charge >= 0.3 is 5.69 Å². The quantitative estimate of drug-likeness (QED) is 0.368. The van der Waals surface area contributed by atoms with Crippen LogP contribution in [0.5, 0.6) is 0 Å². The van der Waals surface area contributed by atoms with Gasteiger partial charge in [0.25, 0.3) is 0 Å². The summed E-state index contributed by atoms with van der Waals surface area (Å²) in [6.45, 7) is 3.71. The molecule has 2 aromatic heterocycles. The summed E-state index contributed by atoms with van der Waals surface area (Å²) in [6, 6.07) is 0. The molecule has 0 atom stereocenters. The lowest BCUT2D eigenvalue weighted by Crippen LogP contribution is -2.39. The molecule has 0 unspecified atom stereocenters. The van der Waals surface area contributed by atoms with Gasteiger partial charge in [-0.3, -0.25) is 19.8 Å². The standard InChI is InChI=1S/C13H19N7O2S/c1-10-17-11(9-23-10)7-18(3)13(14-2)15-4-5-19-8-12(6-16-19)20(21)22/h6,8-9H,4-5,7H2,1-3H3,(H,14,15). The zero-order valence-corrected chi connectivity index (χ0v) is 14.1. The number of aromatic nitrogens is 3. The summed E-state index contributed by atoms with van der Waals surface area (Å²) in [7, 11) is 3.65. The number of nitrogens with one attached hydrogen (secondary N) is 1. The van der Waals surface area contributed by atoms with Crippen LogP contribution in [0, 0.1) is 17.0 Å². The Balaban J connectivity index is 1.83. The van der Waals surface area contributed by atoms with Gasteiger partial charge in [-0.1, -0.05) is 0 Å². The van der Waals surface area contributed by atoms with Crippen LogP contribution in [0.15, 0.2) is 22.8 Å². The van der Waals surface area contributed by atoms with Gasteiger partial charge in [-0.05, 0) is 6.92 Å². The van der Waals surface area contributed by atoms with Gasteiger partial charge in [-0.2, -0.15) is 5.10 Å². The number of aryl methyl sites for hydroxylation is 1. The number of thiazole rings is 1. The molecule has 0 spiro atoms. The number of hydrogen-bond donors (Lipinski definition) is 1. The summed E-state index contributed by atoms with van der Waals surface area (Å²) in [5.74, 6) is 0.734. The van der Waals surface area contributed by atoms with E-state index in [2.05, 4.69) is 20.4 Å². The fourth-order valence-corrected chi connectivity index (χ4v) is 2.64. The van der Waals surface area contributed by atoms with Gasteiger partial charge in [0.05, 0.1) is 28.7 Å². The molecule has 0 aliphatic heterocycles. The van der Waals surface area contributed by atoms with E-state index in [0.717, 1.165) is 16.7 Å².